The van der Waals surface area contributed by atoms with Crippen molar-refractivity contribution in [1.29, 1.82) is 5.41 Å². The molecule has 3 nitrogen and oxygen atoms in total. The molecule has 0 atom stereocenters. The Kier molecular flexibility index (Phi) is 3.21. The third-order valence-electron chi connectivity index (χ3n) is 2.64. The van der Waals surface area contributed by atoms with Gasteiger partial charge in [-0.05, 0) is 24.5 Å². The first-order valence-corrected chi connectivity index (χ1v) is 5.56. The van der Waals surface area contributed by atoms with Gasteiger partial charge >= 0.3 is 0 Å². The van der Waals surface area contributed by atoms with Crippen LogP contribution in [0.3, 0.4) is 0 Å². The maximum atomic E-state index is 7.82. The first-order chi connectivity index (χ1) is 7.25. The van der Waals surface area contributed by atoms with Gasteiger partial charge in [-0.3, -0.25) is 5.41 Å². The number of rotatable bonds is 2. The number of nitrogens with one attached hydrogen (secondary N) is 1. The second-order valence-electron chi connectivity index (χ2n) is 3.81. The molecule has 0 spiro atoms. The number of aromatic nitrogens is 1. The predicted octanol–water partition coefficient (Wildman–Crippen LogP) is 2.70. The molecule has 1 aromatic heterocycles. The van der Waals surface area contributed by atoms with Crippen LogP contribution in [0.4, 0.5) is 0 Å². The number of amidine groups is 1. The molecule has 1 fully saturated rings. The number of nitrogens with zero attached hydrogens (tertiary/aromatic N) is 2. The lowest BCUT2D eigenvalue weighted by molar-refractivity contribution is 0.361. The van der Waals surface area contributed by atoms with E-state index in [2.05, 4.69) is 9.88 Å². The van der Waals surface area contributed by atoms with Gasteiger partial charge in [0.25, 0.3) is 0 Å². The number of likely N-dealkylation sites (tertiary alicyclic amines) is 1. The molecule has 0 amide bonds. The van der Waals surface area contributed by atoms with E-state index < -0.39 is 0 Å². The molecule has 80 valence electrons. The summed E-state index contributed by atoms with van der Waals surface area (Å²) in [6.07, 6.45) is 5.02. The Hall–Kier alpha value is -1.09. The molecule has 0 aromatic carbocycles. The van der Waals surface area contributed by atoms with Crippen molar-refractivity contribution >= 4 is 17.4 Å². The lowest BCUT2D eigenvalue weighted by Crippen LogP contribution is -2.34. The van der Waals surface area contributed by atoms with Gasteiger partial charge in [-0.1, -0.05) is 17.7 Å². The lowest BCUT2D eigenvalue weighted by atomic mass is 10.1. The topological polar surface area (TPSA) is 40.0 Å². The highest BCUT2D eigenvalue weighted by Gasteiger charge is 2.14. The third-order valence-corrected chi connectivity index (χ3v) is 2.86. The minimum atomic E-state index is 0.521. The van der Waals surface area contributed by atoms with E-state index in [1.165, 1.54) is 6.42 Å². The SMILES string of the molecule is N=C1CCCCN1Cc1ccc(Cl)nc1. The summed E-state index contributed by atoms with van der Waals surface area (Å²) in [6.45, 7) is 1.77. The van der Waals surface area contributed by atoms with Crippen molar-refractivity contribution in [3.63, 3.8) is 0 Å². The predicted molar refractivity (Wildman–Crippen MR) is 61.2 cm³/mol. The van der Waals surface area contributed by atoms with E-state index >= 15 is 0 Å². The molecule has 1 N–H and O–H groups in total. The average molecular weight is 224 g/mol. The van der Waals surface area contributed by atoms with Crippen molar-refractivity contribution in [1.82, 2.24) is 9.88 Å². The fraction of sp³-hybridized carbons (Fsp3) is 0.455. The summed E-state index contributed by atoms with van der Waals surface area (Å²) in [4.78, 5) is 6.14. The summed E-state index contributed by atoms with van der Waals surface area (Å²) >= 11 is 5.72. The van der Waals surface area contributed by atoms with Crippen LogP contribution < -0.4 is 0 Å². The molecule has 1 aliphatic heterocycles. The van der Waals surface area contributed by atoms with Crippen molar-refractivity contribution in [2.45, 2.75) is 25.8 Å². The molecule has 2 rings (SSSR count). The molecule has 0 bridgehead atoms. The van der Waals surface area contributed by atoms with Crippen LogP contribution in [0.5, 0.6) is 0 Å². The van der Waals surface area contributed by atoms with Crippen LogP contribution in [-0.4, -0.2) is 22.3 Å². The van der Waals surface area contributed by atoms with Gasteiger partial charge in [-0.2, -0.15) is 0 Å². The van der Waals surface area contributed by atoms with E-state index in [-0.39, 0.29) is 0 Å². The zero-order chi connectivity index (χ0) is 10.7. The Morgan fingerprint density at radius 3 is 2.93 bits per heavy atom. The lowest BCUT2D eigenvalue weighted by Gasteiger charge is -2.29. The Bertz CT molecular complexity index is 347. The Morgan fingerprint density at radius 1 is 1.40 bits per heavy atom. The van der Waals surface area contributed by atoms with Gasteiger partial charge in [-0.15, -0.1) is 0 Å². The van der Waals surface area contributed by atoms with Crippen molar-refractivity contribution in [2.24, 2.45) is 0 Å². The zero-order valence-corrected chi connectivity index (χ0v) is 9.30. The van der Waals surface area contributed by atoms with E-state index in [9.17, 15) is 0 Å². The van der Waals surface area contributed by atoms with Gasteiger partial charge in [0.15, 0.2) is 0 Å². The van der Waals surface area contributed by atoms with Crippen molar-refractivity contribution in [3.05, 3.63) is 29.0 Å². The number of pyridine rings is 1. The fourth-order valence-electron chi connectivity index (χ4n) is 1.78. The van der Waals surface area contributed by atoms with Crippen molar-refractivity contribution < 1.29 is 0 Å². The molecular formula is C11H14ClN3. The maximum Gasteiger partial charge on any atom is 0.129 e. The molecule has 1 aliphatic rings. The van der Waals surface area contributed by atoms with Crippen molar-refractivity contribution in [3.8, 4) is 0 Å². The molecule has 0 unspecified atom stereocenters. The number of hydrogen-bond acceptors (Lipinski definition) is 2. The number of piperidine rings is 1. The molecular weight excluding hydrogens is 210 g/mol. The number of halogens is 1. The minimum absolute atomic E-state index is 0.521. The largest absolute Gasteiger partial charge is 0.356 e. The molecule has 2 heterocycles. The Balaban J connectivity index is 2.01. The fourth-order valence-corrected chi connectivity index (χ4v) is 1.89. The van der Waals surface area contributed by atoms with Crippen molar-refractivity contribution in [2.75, 3.05) is 6.54 Å². The minimum Gasteiger partial charge on any atom is -0.356 e. The van der Waals surface area contributed by atoms with Gasteiger partial charge < -0.3 is 4.90 Å². The monoisotopic (exact) mass is 223 g/mol. The standard InChI is InChI=1S/C11H14ClN3/c12-10-5-4-9(7-14-10)8-15-6-2-1-3-11(15)13/h4-5,7,13H,1-3,6,8H2. The molecule has 0 aliphatic carbocycles. The third kappa shape index (κ3) is 2.69. The van der Waals surface area contributed by atoms with E-state index in [0.29, 0.717) is 5.15 Å². The highest BCUT2D eigenvalue weighted by atomic mass is 35.5. The van der Waals surface area contributed by atoms with Crippen LogP contribution in [-0.2, 0) is 6.54 Å². The summed E-state index contributed by atoms with van der Waals surface area (Å²) in [5.41, 5.74) is 1.12. The summed E-state index contributed by atoms with van der Waals surface area (Å²) in [6, 6.07) is 3.77. The van der Waals surface area contributed by atoms with Crippen LogP contribution in [0.15, 0.2) is 18.3 Å². The average Bonchev–Trinajstić information content (AvgIpc) is 2.25. The number of hydrogen-bond donors (Lipinski definition) is 1. The molecule has 1 aromatic rings. The van der Waals surface area contributed by atoms with Crippen LogP contribution >= 0.6 is 11.6 Å². The Morgan fingerprint density at radius 2 is 2.27 bits per heavy atom. The summed E-state index contributed by atoms with van der Waals surface area (Å²) in [5, 5.41) is 8.34. The van der Waals surface area contributed by atoms with E-state index in [1.807, 2.05) is 6.07 Å². The van der Waals surface area contributed by atoms with Crippen LogP contribution in [0.2, 0.25) is 5.15 Å². The normalized spacial score (nSPS) is 16.9. The van der Waals surface area contributed by atoms with Crippen LogP contribution in [0.1, 0.15) is 24.8 Å². The first-order valence-electron chi connectivity index (χ1n) is 5.18. The summed E-state index contributed by atoms with van der Waals surface area (Å²) in [5.74, 6) is 0.746. The molecule has 1 saturated heterocycles. The van der Waals surface area contributed by atoms with Gasteiger partial charge in [0.05, 0.1) is 5.84 Å². The van der Waals surface area contributed by atoms with E-state index in [1.54, 1.807) is 12.3 Å². The maximum absolute atomic E-state index is 7.82. The Labute approximate surface area is 94.6 Å². The molecule has 0 saturated carbocycles. The van der Waals surface area contributed by atoms with Crippen LogP contribution in [0, 0.1) is 5.41 Å². The second-order valence-corrected chi connectivity index (χ2v) is 4.20. The smallest absolute Gasteiger partial charge is 0.129 e. The summed E-state index contributed by atoms with van der Waals surface area (Å²) < 4.78 is 0. The highest BCUT2D eigenvalue weighted by Crippen LogP contribution is 2.14. The first kappa shape index (κ1) is 10.4. The van der Waals surface area contributed by atoms with Gasteiger partial charge in [0.2, 0.25) is 0 Å². The molecule has 0 radical (unpaired) electrons. The summed E-state index contributed by atoms with van der Waals surface area (Å²) in [7, 11) is 0. The van der Waals surface area contributed by atoms with Gasteiger partial charge in [0, 0.05) is 25.7 Å². The zero-order valence-electron chi connectivity index (χ0n) is 8.54. The highest BCUT2D eigenvalue weighted by molar-refractivity contribution is 6.29. The van der Waals surface area contributed by atoms with Gasteiger partial charge in [-0.25, -0.2) is 4.98 Å². The molecule has 4 heteroatoms. The van der Waals surface area contributed by atoms with Gasteiger partial charge in [0.1, 0.15) is 5.15 Å². The van der Waals surface area contributed by atoms with E-state index in [0.717, 1.165) is 37.3 Å². The quantitative estimate of drug-likeness (QED) is 0.784. The van der Waals surface area contributed by atoms with Crippen LogP contribution in [0.25, 0.3) is 0 Å². The second kappa shape index (κ2) is 4.62. The van der Waals surface area contributed by atoms with E-state index in [4.69, 9.17) is 17.0 Å². The molecule has 15 heavy (non-hydrogen) atoms.